The molecule has 0 saturated carbocycles. The Balaban J connectivity index is 2.55. The smallest absolute Gasteiger partial charge is 0.185 e. The number of nitrogens with one attached hydrogen (secondary N) is 2. The van der Waals surface area contributed by atoms with Gasteiger partial charge in [0.15, 0.2) is 5.96 Å². The van der Waals surface area contributed by atoms with Crippen molar-refractivity contribution in [3.63, 3.8) is 0 Å². The maximum absolute atomic E-state index is 11.0. The number of nitrogens with two attached hydrogens (primary N) is 1. The zero-order valence-corrected chi connectivity index (χ0v) is 21.1. The van der Waals surface area contributed by atoms with Gasteiger partial charge >= 0.3 is 0 Å². The third-order valence-electron chi connectivity index (χ3n) is 5.78. The normalized spacial score (nSPS) is 12.0. The van der Waals surface area contributed by atoms with E-state index in [4.69, 9.17) is 15.9 Å². The number of aryl methyl sites for hydroxylation is 2. The fraction of sp³-hybridized carbons (Fsp3) is 0.519. The lowest BCUT2D eigenvalue weighted by atomic mass is 9.82. The summed E-state index contributed by atoms with van der Waals surface area (Å²) in [6.45, 7) is 18.2. The lowest BCUT2D eigenvalue weighted by Gasteiger charge is -2.25. The van der Waals surface area contributed by atoms with E-state index in [0.29, 0.717) is 25.3 Å². The molecule has 5 heteroatoms. The first-order valence-electron chi connectivity index (χ1n) is 11.4. The molecule has 0 amide bonds. The molecule has 0 unspecified atom stereocenters. The molecule has 0 atom stereocenters. The van der Waals surface area contributed by atoms with Crippen LogP contribution in [-0.2, 0) is 23.7 Å². The van der Waals surface area contributed by atoms with Crippen LogP contribution in [-0.4, -0.2) is 24.2 Å². The second-order valence-corrected chi connectivity index (χ2v) is 10.6. The Kier molecular flexibility index (Phi) is 7.87. The van der Waals surface area contributed by atoms with Gasteiger partial charge < -0.3 is 20.9 Å². The molecule has 2 aromatic rings. The highest BCUT2D eigenvalue weighted by atomic mass is 16.5. The van der Waals surface area contributed by atoms with Crippen molar-refractivity contribution in [3.05, 3.63) is 57.6 Å². The van der Waals surface area contributed by atoms with E-state index in [2.05, 4.69) is 85.0 Å². The highest BCUT2D eigenvalue weighted by molar-refractivity contribution is 5.74. The molecule has 0 saturated heterocycles. The Labute approximate surface area is 193 Å². The summed E-state index contributed by atoms with van der Waals surface area (Å²) in [5.41, 5.74) is 11.9. The van der Waals surface area contributed by atoms with Crippen LogP contribution in [0.4, 0.5) is 0 Å². The fourth-order valence-corrected chi connectivity index (χ4v) is 3.76. The predicted octanol–water partition coefficient (Wildman–Crippen LogP) is 5.31. The summed E-state index contributed by atoms with van der Waals surface area (Å²) in [5, 5.41) is 21.1. The summed E-state index contributed by atoms with van der Waals surface area (Å²) in [4.78, 5) is 0. The zero-order valence-electron chi connectivity index (χ0n) is 21.1. The molecule has 2 rings (SSSR count). The number of phenolic OH excluding ortho intramolecular Hbond substituents is 1. The fourth-order valence-electron chi connectivity index (χ4n) is 3.76. The van der Waals surface area contributed by atoms with Gasteiger partial charge in [0, 0.05) is 6.42 Å². The first-order valence-corrected chi connectivity index (χ1v) is 11.4. The number of guanidine groups is 1. The van der Waals surface area contributed by atoms with Gasteiger partial charge in [0.25, 0.3) is 0 Å². The first-order chi connectivity index (χ1) is 14.7. The minimum atomic E-state index is -0.0651. The van der Waals surface area contributed by atoms with Crippen LogP contribution >= 0.6 is 0 Å². The van der Waals surface area contributed by atoms with E-state index in [0.717, 1.165) is 34.4 Å². The zero-order chi connectivity index (χ0) is 24.3. The SMILES string of the molecule is CCc1cc(C(C)(C)C)cc(Cc2cc(C(C)(C)C)cc(C)c2OCCNC(=N)N)c1O. The summed E-state index contributed by atoms with van der Waals surface area (Å²) in [6.07, 6.45) is 1.37. The third-order valence-corrected chi connectivity index (χ3v) is 5.78. The molecule has 0 aliphatic heterocycles. The average molecular weight is 440 g/mol. The Morgan fingerprint density at radius 2 is 1.50 bits per heavy atom. The van der Waals surface area contributed by atoms with Gasteiger partial charge in [-0.2, -0.15) is 0 Å². The van der Waals surface area contributed by atoms with Crippen molar-refractivity contribution in [2.45, 2.75) is 79.1 Å². The van der Waals surface area contributed by atoms with Crippen LogP contribution in [0.25, 0.3) is 0 Å². The van der Waals surface area contributed by atoms with E-state index in [9.17, 15) is 5.11 Å². The number of phenols is 1. The van der Waals surface area contributed by atoms with Crippen molar-refractivity contribution in [2.75, 3.05) is 13.2 Å². The number of benzene rings is 2. The molecule has 0 heterocycles. The number of aromatic hydroxyl groups is 1. The molecular formula is C27H41N3O2. The van der Waals surface area contributed by atoms with Crippen molar-refractivity contribution in [2.24, 2.45) is 5.73 Å². The van der Waals surface area contributed by atoms with Gasteiger partial charge in [0.05, 0.1) is 6.54 Å². The van der Waals surface area contributed by atoms with E-state index < -0.39 is 0 Å². The Morgan fingerprint density at radius 3 is 2.03 bits per heavy atom. The molecule has 0 radical (unpaired) electrons. The van der Waals surface area contributed by atoms with Gasteiger partial charge in [-0.1, -0.05) is 72.7 Å². The average Bonchev–Trinajstić information content (AvgIpc) is 2.66. The highest BCUT2D eigenvalue weighted by Crippen LogP contribution is 2.37. The van der Waals surface area contributed by atoms with E-state index in [1.165, 1.54) is 11.1 Å². The lowest BCUT2D eigenvalue weighted by Crippen LogP contribution is -2.33. The molecule has 0 aromatic heterocycles. The number of rotatable bonds is 7. The van der Waals surface area contributed by atoms with Crippen molar-refractivity contribution in [3.8, 4) is 11.5 Å². The van der Waals surface area contributed by atoms with Gasteiger partial charge in [0.2, 0.25) is 0 Å². The molecule has 0 spiro atoms. The van der Waals surface area contributed by atoms with Gasteiger partial charge in [-0.3, -0.25) is 5.41 Å². The Hall–Kier alpha value is -2.69. The van der Waals surface area contributed by atoms with E-state index in [-0.39, 0.29) is 16.8 Å². The van der Waals surface area contributed by atoms with Crippen molar-refractivity contribution >= 4 is 5.96 Å². The van der Waals surface area contributed by atoms with Gasteiger partial charge in [-0.15, -0.1) is 0 Å². The molecule has 32 heavy (non-hydrogen) atoms. The molecule has 0 aliphatic carbocycles. The predicted molar refractivity (Wildman–Crippen MR) is 134 cm³/mol. The Bertz CT molecular complexity index is 966. The third kappa shape index (κ3) is 6.41. The molecular weight excluding hydrogens is 398 g/mol. The van der Waals surface area contributed by atoms with Crippen LogP contribution in [0.5, 0.6) is 11.5 Å². The molecule has 5 N–H and O–H groups in total. The molecule has 0 fully saturated rings. The van der Waals surface area contributed by atoms with Crippen molar-refractivity contribution in [1.29, 1.82) is 5.41 Å². The topological polar surface area (TPSA) is 91.4 Å². The summed E-state index contributed by atoms with van der Waals surface area (Å²) in [7, 11) is 0. The minimum Gasteiger partial charge on any atom is -0.507 e. The summed E-state index contributed by atoms with van der Waals surface area (Å²) in [5.74, 6) is 1.15. The van der Waals surface area contributed by atoms with Crippen LogP contribution < -0.4 is 15.8 Å². The van der Waals surface area contributed by atoms with Crippen LogP contribution in [0.2, 0.25) is 0 Å². The minimum absolute atomic E-state index is 0.00188. The molecule has 0 aliphatic rings. The lowest BCUT2D eigenvalue weighted by molar-refractivity contribution is 0.317. The van der Waals surface area contributed by atoms with E-state index >= 15 is 0 Å². The van der Waals surface area contributed by atoms with E-state index in [1.54, 1.807) is 0 Å². The highest BCUT2D eigenvalue weighted by Gasteiger charge is 2.22. The maximum atomic E-state index is 11.0. The number of hydrogen-bond acceptors (Lipinski definition) is 3. The van der Waals surface area contributed by atoms with Crippen LogP contribution in [0.15, 0.2) is 24.3 Å². The second-order valence-electron chi connectivity index (χ2n) is 10.6. The summed E-state index contributed by atoms with van der Waals surface area (Å²) >= 11 is 0. The second kappa shape index (κ2) is 9.85. The van der Waals surface area contributed by atoms with Gasteiger partial charge in [-0.25, -0.2) is 0 Å². The number of ether oxygens (including phenoxy) is 1. The molecule has 5 nitrogen and oxygen atoms in total. The quantitative estimate of drug-likeness (QED) is 0.267. The molecule has 0 bridgehead atoms. The van der Waals surface area contributed by atoms with Gasteiger partial charge in [0.1, 0.15) is 18.1 Å². The van der Waals surface area contributed by atoms with Crippen LogP contribution in [0.3, 0.4) is 0 Å². The monoisotopic (exact) mass is 439 g/mol. The Morgan fingerprint density at radius 1 is 0.969 bits per heavy atom. The summed E-state index contributed by atoms with van der Waals surface area (Å²) < 4.78 is 6.16. The van der Waals surface area contributed by atoms with E-state index in [1.807, 2.05) is 0 Å². The molecule has 2 aromatic carbocycles. The van der Waals surface area contributed by atoms with Gasteiger partial charge in [-0.05, 0) is 57.6 Å². The van der Waals surface area contributed by atoms with Crippen molar-refractivity contribution < 1.29 is 9.84 Å². The maximum Gasteiger partial charge on any atom is 0.185 e. The largest absolute Gasteiger partial charge is 0.507 e. The van der Waals surface area contributed by atoms with Crippen molar-refractivity contribution in [1.82, 2.24) is 5.32 Å². The first kappa shape index (κ1) is 25.6. The van der Waals surface area contributed by atoms with Crippen LogP contribution in [0.1, 0.15) is 81.8 Å². The number of hydrogen-bond donors (Lipinski definition) is 4. The standard InChI is InChI=1S/C27H41N3O2/c1-9-18-14-22(27(6,7)8)15-19(23(18)31)13-20-16-21(26(3,4)5)12-17(2)24(20)32-11-10-30-25(28)29/h12,14-16,31H,9-11,13H2,1-8H3,(H4,28,29,30). The molecule has 176 valence electrons. The summed E-state index contributed by atoms with van der Waals surface area (Å²) in [6, 6.07) is 8.64. The van der Waals surface area contributed by atoms with Crippen LogP contribution in [0, 0.1) is 12.3 Å².